The van der Waals surface area contributed by atoms with Gasteiger partial charge in [-0.2, -0.15) is 0 Å². The Morgan fingerprint density at radius 1 is 1.22 bits per heavy atom. The predicted octanol–water partition coefficient (Wildman–Crippen LogP) is -3.59. The summed E-state index contributed by atoms with van der Waals surface area (Å²) in [5.41, 5.74) is 0. The van der Waals surface area contributed by atoms with Gasteiger partial charge in [0.1, 0.15) is 18.3 Å². The first-order valence-electron chi connectivity index (χ1n) is 10.2. The number of aliphatic hydroxyl groups is 2. The summed E-state index contributed by atoms with van der Waals surface area (Å²) < 4.78 is 14.9. The molecule has 13 nitrogen and oxygen atoms in total. The topological polar surface area (TPSA) is 204 Å². The van der Waals surface area contributed by atoms with Gasteiger partial charge in [-0.1, -0.05) is 20.0 Å². The van der Waals surface area contributed by atoms with Gasteiger partial charge >= 0.3 is 13.9 Å². The fourth-order valence-electron chi connectivity index (χ4n) is 4.66. The van der Waals surface area contributed by atoms with Crippen LogP contribution < -0.4 is 21.1 Å². The number of carbonyl (C=O) groups is 2. The van der Waals surface area contributed by atoms with Crippen molar-refractivity contribution in [3.8, 4) is 0 Å². The van der Waals surface area contributed by atoms with E-state index in [0.717, 1.165) is 6.42 Å². The third-order valence-electron chi connectivity index (χ3n) is 6.55. The molecule has 3 rings (SSSR count). The molecule has 2 aliphatic heterocycles. The summed E-state index contributed by atoms with van der Waals surface area (Å²) in [4.78, 5) is 43.4. The fourth-order valence-corrected chi connectivity index (χ4v) is 5.01. The van der Waals surface area contributed by atoms with E-state index in [1.807, 2.05) is 0 Å². The molecule has 2 saturated heterocycles. The smallest absolute Gasteiger partial charge is 0.469 e. The first-order valence-corrected chi connectivity index (χ1v) is 11.8. The van der Waals surface area contributed by atoms with Crippen LogP contribution in [0, 0.1) is 11.8 Å². The zero-order chi connectivity index (χ0) is 23.1. The van der Waals surface area contributed by atoms with Crippen LogP contribution in [0.15, 0.2) is 0 Å². The maximum atomic E-state index is 12.8. The number of urea groups is 1. The van der Waals surface area contributed by atoms with Crippen molar-refractivity contribution in [1.82, 2.24) is 20.9 Å². The van der Waals surface area contributed by atoms with Gasteiger partial charge in [-0.25, -0.2) is 9.36 Å². The van der Waals surface area contributed by atoms with E-state index >= 15 is 0 Å². The summed E-state index contributed by atoms with van der Waals surface area (Å²) in [5.74, 6) is 0.197. The van der Waals surface area contributed by atoms with Gasteiger partial charge in [0.05, 0.1) is 12.7 Å². The van der Waals surface area contributed by atoms with Crippen molar-refractivity contribution in [1.29, 1.82) is 0 Å². The van der Waals surface area contributed by atoms with E-state index in [0.29, 0.717) is 18.3 Å². The normalized spacial score (nSPS) is 36.0. The molecular formula is C17H30N4NaO9P-. The number of aliphatic hydroxyl groups excluding tert-OH is 2. The van der Waals surface area contributed by atoms with Crippen LogP contribution in [-0.2, 0) is 13.9 Å². The van der Waals surface area contributed by atoms with Gasteiger partial charge in [0, 0.05) is 41.6 Å². The molecule has 1 aliphatic carbocycles. The number of carbonyl (C=O) groups excluding carboxylic acids is 2. The maximum absolute atomic E-state index is 12.8. The summed E-state index contributed by atoms with van der Waals surface area (Å²) in [6.45, 7) is 2.98. The Morgan fingerprint density at radius 3 is 2.47 bits per heavy atom. The van der Waals surface area contributed by atoms with Gasteiger partial charge in [0.15, 0.2) is 0 Å². The number of fused-ring (bicyclic) bond motifs is 2. The minimum absolute atomic E-state index is 0. The van der Waals surface area contributed by atoms with E-state index in [1.54, 1.807) is 4.90 Å². The number of hydrogen-bond donors (Lipinski definition) is 7. The largest absolute Gasteiger partial charge is 0.849 e. The summed E-state index contributed by atoms with van der Waals surface area (Å²) in [6, 6.07) is -1.77. The minimum atomic E-state index is -4.87. The van der Waals surface area contributed by atoms with Crippen molar-refractivity contribution in [3.05, 3.63) is 0 Å². The fraction of sp³-hybridized carbons (Fsp3) is 0.882. The summed E-state index contributed by atoms with van der Waals surface area (Å²) in [6.07, 6.45) is -4.84. The van der Waals surface area contributed by atoms with Gasteiger partial charge in [0.25, 0.3) is 0 Å². The molecule has 3 aliphatic rings. The van der Waals surface area contributed by atoms with Crippen molar-refractivity contribution in [2.24, 2.45) is 11.8 Å². The van der Waals surface area contributed by atoms with Gasteiger partial charge in [0.2, 0.25) is 5.91 Å². The van der Waals surface area contributed by atoms with E-state index in [9.17, 15) is 29.5 Å². The second-order valence-corrected chi connectivity index (χ2v) is 9.97. The van der Waals surface area contributed by atoms with Crippen molar-refractivity contribution in [2.45, 2.75) is 69.3 Å². The van der Waals surface area contributed by atoms with Crippen LogP contribution in [0.3, 0.4) is 0 Å². The summed E-state index contributed by atoms with van der Waals surface area (Å²) in [7, 11) is -4.87. The molecule has 2 heterocycles. The average Bonchev–Trinajstić information content (AvgIpc) is 2.67. The molecular weight excluding hydrogens is 458 g/mol. The average molecular weight is 488 g/mol. The Hall–Kier alpha value is -0.150. The van der Waals surface area contributed by atoms with Crippen molar-refractivity contribution >= 4 is 49.3 Å². The number of imide groups is 1. The van der Waals surface area contributed by atoms with E-state index in [4.69, 9.17) is 9.79 Å². The van der Waals surface area contributed by atoms with E-state index < -0.39 is 56.9 Å². The molecule has 0 aromatic rings. The van der Waals surface area contributed by atoms with Crippen LogP contribution in [0.2, 0.25) is 0 Å². The first-order chi connectivity index (χ1) is 14.4. The molecule has 3 fully saturated rings. The zero-order valence-electron chi connectivity index (χ0n) is 18.2. The molecule has 6 unspecified atom stereocenters. The number of phosphoric ester groups is 1. The number of nitrogens with zero attached hydrogens (tertiary/aromatic N) is 1. The van der Waals surface area contributed by atoms with Crippen molar-refractivity contribution in [3.63, 3.8) is 0 Å². The zero-order valence-corrected chi connectivity index (χ0v) is 21.1. The Kier molecular flexibility index (Phi) is 9.71. The summed E-state index contributed by atoms with van der Waals surface area (Å²) >= 11 is 0. The quantitative estimate of drug-likeness (QED) is 0.138. The van der Waals surface area contributed by atoms with E-state index in [2.05, 4.69) is 34.3 Å². The van der Waals surface area contributed by atoms with Gasteiger partial charge in [-0.15, -0.1) is 0 Å². The second kappa shape index (κ2) is 11.1. The molecule has 0 spiro atoms. The molecule has 0 bridgehead atoms. The molecule has 1 radical (unpaired) electrons. The first kappa shape index (κ1) is 28.1. The Bertz CT molecular complexity index is 743. The molecule has 1 saturated carbocycles. The van der Waals surface area contributed by atoms with E-state index in [-0.39, 0.29) is 48.2 Å². The Labute approximate surface area is 207 Å². The molecule has 0 aromatic heterocycles. The standard InChI is InChI=1S/C17H30N4O9P.Na/c1-7-3-9-10(4-8(7)2)21(15-13(18-9)16(25)20-17(26)19-15)5-11(22)14(24)12(23)6-30-31(27,28)29;/h7-15,18,23-24H,3-6H2,1-2H3,(H2,27,28,29)(H2,19,20,25,26);/q-1;/t7?,8?,9?,10?,11-,12+,13?,14-,15?;/m1./s1. The van der Waals surface area contributed by atoms with Gasteiger partial charge in [-0.05, 0) is 31.2 Å². The van der Waals surface area contributed by atoms with Crippen molar-refractivity contribution in [2.75, 3.05) is 13.2 Å². The molecule has 15 heteroatoms. The third kappa shape index (κ3) is 6.49. The molecule has 179 valence electrons. The van der Waals surface area contributed by atoms with E-state index in [1.165, 1.54) is 0 Å². The molecule has 7 N–H and O–H groups in total. The van der Waals surface area contributed by atoms with Crippen molar-refractivity contribution < 1.29 is 43.8 Å². The third-order valence-corrected chi connectivity index (χ3v) is 7.03. The number of hydrogen-bond acceptors (Lipinski definition) is 9. The molecule has 9 atom stereocenters. The minimum Gasteiger partial charge on any atom is -0.849 e. The molecule has 0 aromatic carbocycles. The van der Waals surface area contributed by atoms with Crippen LogP contribution in [0.1, 0.15) is 26.7 Å². The molecule has 32 heavy (non-hydrogen) atoms. The van der Waals surface area contributed by atoms with Crippen LogP contribution >= 0.6 is 7.82 Å². The molecule has 3 amide bonds. The van der Waals surface area contributed by atoms with Crippen LogP contribution in [0.4, 0.5) is 4.79 Å². The number of rotatable bonds is 7. The number of piperazine rings is 1. The monoisotopic (exact) mass is 488 g/mol. The number of phosphoric acid groups is 1. The summed E-state index contributed by atoms with van der Waals surface area (Å²) in [5, 5.41) is 41.1. The number of amides is 3. The number of nitrogens with one attached hydrogen (secondary N) is 3. The van der Waals surface area contributed by atoms with Crippen LogP contribution in [0.25, 0.3) is 0 Å². The Balaban J connectivity index is 0.00000363. The Morgan fingerprint density at radius 2 is 1.84 bits per heavy atom. The van der Waals surface area contributed by atoms with Crippen LogP contribution in [-0.4, -0.2) is 122 Å². The second-order valence-electron chi connectivity index (χ2n) is 8.73. The maximum Gasteiger partial charge on any atom is 0.469 e. The SMILES string of the molecule is CC1CC2NC3C(=O)NC(=O)NC3N(C[C@@H]([O-])[C@@H](O)[C@@H](O)COP(=O)(O)O)C2CC1C.[Na]. The van der Waals surface area contributed by atoms with Crippen LogP contribution in [0.5, 0.6) is 0 Å². The van der Waals surface area contributed by atoms with Gasteiger partial charge < -0.3 is 30.4 Å². The predicted molar refractivity (Wildman–Crippen MR) is 109 cm³/mol. The van der Waals surface area contributed by atoms with Gasteiger partial charge in [-0.3, -0.25) is 24.9 Å².